The standard InChI is InChI=1S/C10H14O5/c1-13-7-3-4-10(8(11)14-2)6(7)5-15-9(10)12/h6-7H,3-5H2,1-2H3/t6-,7-,10+/m1/s1. The predicted molar refractivity (Wildman–Crippen MR) is 48.9 cm³/mol. The Morgan fingerprint density at radius 2 is 2.27 bits per heavy atom. The summed E-state index contributed by atoms with van der Waals surface area (Å²) >= 11 is 0. The van der Waals surface area contributed by atoms with Crippen LogP contribution in [-0.2, 0) is 23.8 Å². The van der Waals surface area contributed by atoms with Crippen molar-refractivity contribution in [2.24, 2.45) is 11.3 Å². The molecule has 5 nitrogen and oxygen atoms in total. The van der Waals surface area contributed by atoms with Crippen LogP contribution in [0.1, 0.15) is 12.8 Å². The average molecular weight is 214 g/mol. The minimum atomic E-state index is -1.10. The van der Waals surface area contributed by atoms with Crippen LogP contribution in [0.4, 0.5) is 0 Å². The van der Waals surface area contributed by atoms with Crippen molar-refractivity contribution in [3.63, 3.8) is 0 Å². The Kier molecular flexibility index (Phi) is 2.42. The predicted octanol–water partition coefficient (Wildman–Crippen LogP) is 0.128. The summed E-state index contributed by atoms with van der Waals surface area (Å²) in [6.07, 6.45) is 1.07. The molecule has 0 N–H and O–H groups in total. The van der Waals surface area contributed by atoms with E-state index in [0.29, 0.717) is 12.8 Å². The lowest BCUT2D eigenvalue weighted by Crippen LogP contribution is -2.41. The lowest BCUT2D eigenvalue weighted by molar-refractivity contribution is -0.164. The van der Waals surface area contributed by atoms with Crippen LogP contribution in [0.25, 0.3) is 0 Å². The molecule has 0 bridgehead atoms. The second-order valence-electron chi connectivity index (χ2n) is 3.98. The van der Waals surface area contributed by atoms with Gasteiger partial charge < -0.3 is 14.2 Å². The zero-order chi connectivity index (χ0) is 11.1. The molecule has 84 valence electrons. The Bertz CT molecular complexity index is 300. The highest BCUT2D eigenvalue weighted by molar-refractivity contribution is 6.02. The Labute approximate surface area is 87.7 Å². The second kappa shape index (κ2) is 3.48. The van der Waals surface area contributed by atoms with Crippen LogP contribution in [0.2, 0.25) is 0 Å². The molecule has 0 aromatic carbocycles. The van der Waals surface area contributed by atoms with Crippen molar-refractivity contribution in [2.45, 2.75) is 18.9 Å². The second-order valence-corrected chi connectivity index (χ2v) is 3.98. The van der Waals surface area contributed by atoms with Crippen LogP contribution in [0.15, 0.2) is 0 Å². The number of ether oxygens (including phenoxy) is 3. The molecule has 0 aromatic rings. The Morgan fingerprint density at radius 3 is 2.87 bits per heavy atom. The lowest BCUT2D eigenvalue weighted by Gasteiger charge is -2.22. The first-order chi connectivity index (χ1) is 7.16. The van der Waals surface area contributed by atoms with Crippen LogP contribution < -0.4 is 0 Å². The smallest absolute Gasteiger partial charge is 0.324 e. The fourth-order valence-corrected chi connectivity index (χ4v) is 2.67. The first-order valence-corrected chi connectivity index (χ1v) is 4.95. The summed E-state index contributed by atoms with van der Waals surface area (Å²) in [5.74, 6) is -1.14. The SMILES string of the molecule is COC(=O)[C@]12CC[C@@H](OC)[C@H]1COC2=O. The topological polar surface area (TPSA) is 61.8 Å². The number of cyclic esters (lactones) is 1. The molecule has 0 amide bonds. The fourth-order valence-electron chi connectivity index (χ4n) is 2.67. The van der Waals surface area contributed by atoms with Gasteiger partial charge in [-0.2, -0.15) is 0 Å². The molecule has 15 heavy (non-hydrogen) atoms. The number of carbonyl (C=O) groups excluding carboxylic acids is 2. The van der Waals surface area contributed by atoms with Crippen molar-refractivity contribution < 1.29 is 23.8 Å². The van der Waals surface area contributed by atoms with Gasteiger partial charge in [0.1, 0.15) is 0 Å². The molecule has 2 rings (SSSR count). The van der Waals surface area contributed by atoms with Crippen molar-refractivity contribution in [3.8, 4) is 0 Å². The first-order valence-electron chi connectivity index (χ1n) is 4.95. The van der Waals surface area contributed by atoms with E-state index in [2.05, 4.69) is 0 Å². The molecule has 2 aliphatic rings. The van der Waals surface area contributed by atoms with Gasteiger partial charge in [0.2, 0.25) is 0 Å². The van der Waals surface area contributed by atoms with Gasteiger partial charge in [0.25, 0.3) is 0 Å². The quantitative estimate of drug-likeness (QED) is 0.483. The summed E-state index contributed by atoms with van der Waals surface area (Å²) in [7, 11) is 2.88. The molecule has 0 spiro atoms. The highest BCUT2D eigenvalue weighted by Crippen LogP contribution is 2.50. The molecule has 3 atom stereocenters. The van der Waals surface area contributed by atoms with Crippen molar-refractivity contribution in [3.05, 3.63) is 0 Å². The minimum absolute atomic E-state index is 0.0875. The summed E-state index contributed by atoms with van der Waals surface area (Å²) in [5.41, 5.74) is -1.10. The third kappa shape index (κ3) is 1.19. The van der Waals surface area contributed by atoms with E-state index < -0.39 is 17.4 Å². The number of methoxy groups -OCH3 is 2. The maximum atomic E-state index is 11.7. The van der Waals surface area contributed by atoms with Gasteiger partial charge in [-0.05, 0) is 12.8 Å². The van der Waals surface area contributed by atoms with Gasteiger partial charge in [0, 0.05) is 13.0 Å². The molecule has 1 aliphatic heterocycles. The molecule has 1 aliphatic carbocycles. The lowest BCUT2D eigenvalue weighted by atomic mass is 9.79. The maximum absolute atomic E-state index is 11.7. The van der Waals surface area contributed by atoms with Crippen LogP contribution in [0, 0.1) is 11.3 Å². The van der Waals surface area contributed by atoms with Crippen molar-refractivity contribution in [1.29, 1.82) is 0 Å². The summed E-state index contributed by atoms with van der Waals surface area (Å²) < 4.78 is 14.9. The molecule has 2 fully saturated rings. The third-order valence-electron chi connectivity index (χ3n) is 3.52. The molecule has 1 saturated carbocycles. The van der Waals surface area contributed by atoms with E-state index in [-0.39, 0.29) is 18.6 Å². The zero-order valence-electron chi connectivity index (χ0n) is 8.82. The molecule has 0 unspecified atom stereocenters. The summed E-state index contributed by atoms with van der Waals surface area (Å²) in [6.45, 7) is 0.256. The van der Waals surface area contributed by atoms with Crippen LogP contribution in [-0.4, -0.2) is 38.9 Å². The van der Waals surface area contributed by atoms with Gasteiger partial charge in [0.15, 0.2) is 5.41 Å². The van der Waals surface area contributed by atoms with Crippen LogP contribution in [0.5, 0.6) is 0 Å². The van der Waals surface area contributed by atoms with Crippen molar-refractivity contribution in [2.75, 3.05) is 20.8 Å². The monoisotopic (exact) mass is 214 g/mol. The molecule has 1 heterocycles. The number of hydrogen-bond donors (Lipinski definition) is 0. The Balaban J connectivity index is 2.34. The van der Waals surface area contributed by atoms with Gasteiger partial charge in [-0.3, -0.25) is 9.59 Å². The van der Waals surface area contributed by atoms with E-state index in [4.69, 9.17) is 14.2 Å². The minimum Gasteiger partial charge on any atom is -0.468 e. The first kappa shape index (κ1) is 10.4. The number of fused-ring (bicyclic) bond motifs is 1. The Morgan fingerprint density at radius 1 is 1.53 bits per heavy atom. The number of hydrogen-bond acceptors (Lipinski definition) is 5. The van der Waals surface area contributed by atoms with E-state index in [1.165, 1.54) is 7.11 Å². The normalized spacial score (nSPS) is 38.7. The summed E-state index contributed by atoms with van der Waals surface area (Å²) in [4.78, 5) is 23.4. The fraction of sp³-hybridized carbons (Fsp3) is 0.800. The molecule has 0 radical (unpaired) electrons. The number of esters is 2. The summed E-state index contributed by atoms with van der Waals surface area (Å²) in [5, 5.41) is 0. The zero-order valence-corrected chi connectivity index (χ0v) is 8.82. The largest absolute Gasteiger partial charge is 0.468 e. The van der Waals surface area contributed by atoms with Crippen LogP contribution in [0.3, 0.4) is 0 Å². The van der Waals surface area contributed by atoms with Gasteiger partial charge in [-0.25, -0.2) is 0 Å². The summed E-state index contributed by atoms with van der Waals surface area (Å²) in [6, 6.07) is 0. The molecular formula is C10H14O5. The number of carbonyl (C=O) groups is 2. The van der Waals surface area contributed by atoms with E-state index >= 15 is 0 Å². The van der Waals surface area contributed by atoms with E-state index in [9.17, 15) is 9.59 Å². The van der Waals surface area contributed by atoms with Crippen LogP contribution >= 0.6 is 0 Å². The molecule has 1 saturated heterocycles. The maximum Gasteiger partial charge on any atom is 0.324 e. The molecule has 5 heteroatoms. The van der Waals surface area contributed by atoms with Crippen molar-refractivity contribution in [1.82, 2.24) is 0 Å². The van der Waals surface area contributed by atoms with E-state index in [1.807, 2.05) is 0 Å². The van der Waals surface area contributed by atoms with Gasteiger partial charge in [-0.15, -0.1) is 0 Å². The highest BCUT2D eigenvalue weighted by Gasteiger charge is 2.65. The van der Waals surface area contributed by atoms with E-state index in [1.54, 1.807) is 7.11 Å². The molecule has 0 aromatic heterocycles. The molecular weight excluding hydrogens is 200 g/mol. The van der Waals surface area contributed by atoms with E-state index in [0.717, 1.165) is 0 Å². The number of rotatable bonds is 2. The highest BCUT2D eigenvalue weighted by atomic mass is 16.6. The van der Waals surface area contributed by atoms with Gasteiger partial charge in [0.05, 0.1) is 19.8 Å². The van der Waals surface area contributed by atoms with Crippen molar-refractivity contribution >= 4 is 11.9 Å². The van der Waals surface area contributed by atoms with Gasteiger partial charge in [-0.1, -0.05) is 0 Å². The third-order valence-corrected chi connectivity index (χ3v) is 3.52. The Hall–Kier alpha value is -1.10. The van der Waals surface area contributed by atoms with Gasteiger partial charge >= 0.3 is 11.9 Å². The average Bonchev–Trinajstić information content (AvgIpc) is 2.77.